The molecule has 0 spiro atoms. The predicted molar refractivity (Wildman–Crippen MR) is 118 cm³/mol. The van der Waals surface area contributed by atoms with Gasteiger partial charge in [0, 0.05) is 8.95 Å². The van der Waals surface area contributed by atoms with Crippen molar-refractivity contribution in [1.29, 1.82) is 0 Å². The molecule has 0 saturated heterocycles. The lowest BCUT2D eigenvalue weighted by molar-refractivity contribution is 1.53. The van der Waals surface area contributed by atoms with Crippen molar-refractivity contribution in [2.45, 2.75) is 0 Å². The maximum atomic E-state index is 3.74. The number of hydrogen-bond acceptors (Lipinski definition) is 0. The monoisotopic (exact) mass is 462 g/mol. The summed E-state index contributed by atoms with van der Waals surface area (Å²) in [7, 11) is 0. The lowest BCUT2D eigenvalue weighted by atomic mass is 9.89. The summed E-state index contributed by atoms with van der Waals surface area (Å²) in [5, 5.41) is 0. The molecule has 0 aliphatic heterocycles. The second-order valence-electron chi connectivity index (χ2n) is 6.06. The largest absolute Gasteiger partial charge is 0.0622 e. The summed E-state index contributed by atoms with van der Waals surface area (Å²) in [4.78, 5) is 0. The molecule has 26 heavy (non-hydrogen) atoms. The van der Waals surface area contributed by atoms with E-state index in [1.165, 1.54) is 33.4 Å². The maximum absolute atomic E-state index is 3.74. The van der Waals surface area contributed by atoms with Crippen LogP contribution in [0.5, 0.6) is 0 Å². The smallest absolute Gasteiger partial charge is 0.0396 e. The van der Waals surface area contributed by atoms with E-state index in [4.69, 9.17) is 0 Å². The van der Waals surface area contributed by atoms with E-state index in [1.54, 1.807) is 0 Å². The molecule has 4 aromatic rings. The highest BCUT2D eigenvalue weighted by atomic mass is 79.9. The molecule has 0 unspecified atom stereocenters. The Hall–Kier alpha value is -2.16. The van der Waals surface area contributed by atoms with Gasteiger partial charge in [0.05, 0.1) is 0 Å². The van der Waals surface area contributed by atoms with Gasteiger partial charge < -0.3 is 0 Å². The third-order valence-electron chi connectivity index (χ3n) is 4.47. The first-order valence-corrected chi connectivity index (χ1v) is 10.0. The molecule has 4 rings (SSSR count). The van der Waals surface area contributed by atoms with Crippen LogP contribution in [0.15, 0.2) is 106 Å². The average molecular weight is 464 g/mol. The molecule has 0 atom stereocenters. The fourth-order valence-electron chi connectivity index (χ4n) is 3.25. The Balaban J connectivity index is 1.96. The molecule has 0 amide bonds. The number of halogens is 2. The van der Waals surface area contributed by atoms with Crippen LogP contribution in [0.25, 0.3) is 33.4 Å². The lowest BCUT2D eigenvalue weighted by Crippen LogP contribution is -1.90. The van der Waals surface area contributed by atoms with Gasteiger partial charge in [0.25, 0.3) is 0 Å². The van der Waals surface area contributed by atoms with Crippen molar-refractivity contribution in [2.75, 3.05) is 0 Å². The molecular formula is C24H16Br2. The minimum atomic E-state index is 1.06. The van der Waals surface area contributed by atoms with Crippen molar-refractivity contribution in [2.24, 2.45) is 0 Å². The molecule has 0 N–H and O–H groups in total. The fraction of sp³-hybridized carbons (Fsp3) is 0. The van der Waals surface area contributed by atoms with Crippen LogP contribution in [-0.4, -0.2) is 0 Å². The predicted octanol–water partition coefficient (Wildman–Crippen LogP) is 8.21. The molecule has 0 fully saturated rings. The van der Waals surface area contributed by atoms with Crippen LogP contribution in [0.3, 0.4) is 0 Å². The molecule has 0 nitrogen and oxygen atoms in total. The van der Waals surface area contributed by atoms with E-state index in [1.807, 2.05) is 6.07 Å². The summed E-state index contributed by atoms with van der Waals surface area (Å²) in [5.74, 6) is 0. The van der Waals surface area contributed by atoms with Crippen LogP contribution < -0.4 is 0 Å². The molecule has 2 heteroatoms. The number of benzene rings is 4. The average Bonchev–Trinajstić information content (AvgIpc) is 2.71. The first-order valence-electron chi connectivity index (χ1n) is 8.44. The van der Waals surface area contributed by atoms with Crippen molar-refractivity contribution in [3.05, 3.63) is 106 Å². The summed E-state index contributed by atoms with van der Waals surface area (Å²) in [6.07, 6.45) is 0. The SMILES string of the molecule is Brc1cccc(-c2ccccc2-c2ccccc2-c2ccccc2)c1Br. The van der Waals surface area contributed by atoms with Gasteiger partial charge in [-0.3, -0.25) is 0 Å². The van der Waals surface area contributed by atoms with Gasteiger partial charge in [0.1, 0.15) is 0 Å². The molecule has 126 valence electrons. The highest BCUT2D eigenvalue weighted by Crippen LogP contribution is 2.41. The summed E-state index contributed by atoms with van der Waals surface area (Å²) in [6, 6.07) is 34.0. The first kappa shape index (κ1) is 17.3. The molecule has 0 bridgehead atoms. The summed E-state index contributed by atoms with van der Waals surface area (Å²) >= 11 is 7.37. The van der Waals surface area contributed by atoms with E-state index in [0.717, 1.165) is 8.95 Å². The second-order valence-corrected chi connectivity index (χ2v) is 7.71. The van der Waals surface area contributed by atoms with Crippen molar-refractivity contribution in [3.8, 4) is 33.4 Å². The Morgan fingerprint density at radius 1 is 0.385 bits per heavy atom. The molecule has 0 saturated carbocycles. The van der Waals surface area contributed by atoms with Crippen LogP contribution in [0, 0.1) is 0 Å². The zero-order chi connectivity index (χ0) is 17.9. The van der Waals surface area contributed by atoms with Crippen molar-refractivity contribution in [1.82, 2.24) is 0 Å². The van der Waals surface area contributed by atoms with Gasteiger partial charge >= 0.3 is 0 Å². The zero-order valence-corrected chi connectivity index (χ0v) is 17.2. The van der Waals surface area contributed by atoms with Gasteiger partial charge in [-0.1, -0.05) is 91.0 Å². The fourth-order valence-corrected chi connectivity index (χ4v) is 4.10. The highest BCUT2D eigenvalue weighted by Gasteiger charge is 2.14. The minimum absolute atomic E-state index is 1.06. The quantitative estimate of drug-likeness (QED) is 0.287. The summed E-state index contributed by atoms with van der Waals surface area (Å²) in [5.41, 5.74) is 7.33. The maximum Gasteiger partial charge on any atom is 0.0396 e. The topological polar surface area (TPSA) is 0 Å². The van der Waals surface area contributed by atoms with Crippen molar-refractivity contribution in [3.63, 3.8) is 0 Å². The Labute approximate surface area is 170 Å². The van der Waals surface area contributed by atoms with Gasteiger partial charge in [-0.15, -0.1) is 0 Å². The number of rotatable bonds is 3. The van der Waals surface area contributed by atoms with Crippen molar-refractivity contribution >= 4 is 31.9 Å². The van der Waals surface area contributed by atoms with E-state index >= 15 is 0 Å². The van der Waals surface area contributed by atoms with Crippen LogP contribution in [0.4, 0.5) is 0 Å². The van der Waals surface area contributed by atoms with Crippen LogP contribution in [0.2, 0.25) is 0 Å². The molecular weight excluding hydrogens is 448 g/mol. The Morgan fingerprint density at radius 2 is 0.846 bits per heavy atom. The summed E-state index contributed by atoms with van der Waals surface area (Å²) in [6.45, 7) is 0. The molecule has 0 aliphatic rings. The van der Waals surface area contributed by atoms with E-state index in [9.17, 15) is 0 Å². The third-order valence-corrected chi connectivity index (χ3v) is 6.52. The van der Waals surface area contributed by atoms with E-state index < -0.39 is 0 Å². The lowest BCUT2D eigenvalue weighted by Gasteiger charge is -2.16. The van der Waals surface area contributed by atoms with Gasteiger partial charge in [-0.25, -0.2) is 0 Å². The third kappa shape index (κ3) is 3.27. The summed E-state index contributed by atoms with van der Waals surface area (Å²) < 4.78 is 2.13. The normalized spacial score (nSPS) is 10.7. The van der Waals surface area contributed by atoms with E-state index in [-0.39, 0.29) is 0 Å². The van der Waals surface area contributed by atoms with Crippen LogP contribution in [0.1, 0.15) is 0 Å². The van der Waals surface area contributed by atoms with Crippen LogP contribution >= 0.6 is 31.9 Å². The van der Waals surface area contributed by atoms with Crippen molar-refractivity contribution < 1.29 is 0 Å². The van der Waals surface area contributed by atoms with E-state index in [2.05, 4.69) is 123 Å². The van der Waals surface area contributed by atoms with Gasteiger partial charge in [0.2, 0.25) is 0 Å². The minimum Gasteiger partial charge on any atom is -0.0622 e. The standard InChI is InChI=1S/C24H16Br2/c25-23-16-8-15-22(24(23)26)21-14-7-6-13-20(21)19-12-5-4-11-18(19)17-9-2-1-3-10-17/h1-16H. The first-order chi connectivity index (χ1) is 12.8. The molecule has 0 radical (unpaired) electrons. The molecule has 0 heterocycles. The highest BCUT2D eigenvalue weighted by molar-refractivity contribution is 9.13. The molecule has 0 aromatic heterocycles. The Kier molecular flexibility index (Phi) is 5.05. The Bertz CT molecular complexity index is 1050. The van der Waals surface area contributed by atoms with Gasteiger partial charge in [-0.2, -0.15) is 0 Å². The van der Waals surface area contributed by atoms with E-state index in [0.29, 0.717) is 0 Å². The number of hydrogen-bond donors (Lipinski definition) is 0. The second kappa shape index (κ2) is 7.61. The Morgan fingerprint density at radius 3 is 1.50 bits per heavy atom. The van der Waals surface area contributed by atoms with Gasteiger partial charge in [0.15, 0.2) is 0 Å². The molecule has 0 aliphatic carbocycles. The van der Waals surface area contributed by atoms with Crippen LogP contribution in [-0.2, 0) is 0 Å². The zero-order valence-electron chi connectivity index (χ0n) is 14.0. The molecule has 4 aromatic carbocycles. The van der Waals surface area contributed by atoms with Gasteiger partial charge in [-0.05, 0) is 71.3 Å².